The molecule has 0 heterocycles. The van der Waals surface area contributed by atoms with Crippen LogP contribution in [0.25, 0.3) is 0 Å². The minimum atomic E-state index is -1.29. The van der Waals surface area contributed by atoms with E-state index >= 15 is 0 Å². The smallest absolute Gasteiger partial charge is 0.239 e. The Bertz CT molecular complexity index is 788. The van der Waals surface area contributed by atoms with Crippen LogP contribution >= 0.6 is 0 Å². The van der Waals surface area contributed by atoms with Crippen LogP contribution in [0.5, 0.6) is 0 Å². The molecule has 0 radical (unpaired) electrons. The number of carbonyl (C=O) groups is 2. The first-order valence-corrected chi connectivity index (χ1v) is 8.49. The number of hydrogen-bond donors (Lipinski definition) is 2. The molecule has 26 heavy (non-hydrogen) atoms. The second-order valence-electron chi connectivity index (χ2n) is 7.87. The van der Waals surface area contributed by atoms with Crippen molar-refractivity contribution in [2.24, 2.45) is 5.41 Å². The molecule has 0 unspecified atom stereocenters. The Kier molecular flexibility index (Phi) is 5.50. The minimum Gasteiger partial charge on any atom is -0.325 e. The molecule has 0 aliphatic heterocycles. The lowest BCUT2D eigenvalue weighted by Crippen LogP contribution is -2.41. The van der Waals surface area contributed by atoms with E-state index in [-0.39, 0.29) is 5.41 Å². The van der Waals surface area contributed by atoms with Gasteiger partial charge >= 0.3 is 0 Å². The van der Waals surface area contributed by atoms with Gasteiger partial charge in [0.2, 0.25) is 11.8 Å². The predicted molar refractivity (Wildman–Crippen MR) is 103 cm³/mol. The normalized spacial score (nSPS) is 11.8. The summed E-state index contributed by atoms with van der Waals surface area (Å²) in [5, 5.41) is 5.42. The van der Waals surface area contributed by atoms with E-state index in [1.807, 2.05) is 24.3 Å². The molecule has 2 aromatic rings. The van der Waals surface area contributed by atoms with E-state index in [0.717, 1.165) is 5.56 Å². The van der Waals surface area contributed by atoms with E-state index in [0.29, 0.717) is 11.4 Å². The van der Waals surface area contributed by atoms with Crippen molar-refractivity contribution in [3.8, 4) is 0 Å². The van der Waals surface area contributed by atoms with E-state index in [9.17, 15) is 14.0 Å². The van der Waals surface area contributed by atoms with E-state index in [1.165, 1.54) is 24.3 Å². The third-order valence-electron chi connectivity index (χ3n) is 4.25. The van der Waals surface area contributed by atoms with Crippen LogP contribution in [0.1, 0.15) is 40.2 Å². The topological polar surface area (TPSA) is 58.2 Å². The molecule has 0 atom stereocenters. The fourth-order valence-corrected chi connectivity index (χ4v) is 2.26. The third kappa shape index (κ3) is 4.69. The number of halogens is 1. The molecule has 0 saturated heterocycles. The van der Waals surface area contributed by atoms with Crippen LogP contribution in [0.15, 0.2) is 48.5 Å². The Morgan fingerprint density at radius 2 is 1.12 bits per heavy atom. The SMILES string of the molecule is CC(C)(C(=O)Nc1ccc(F)cc1)C(=O)Nc1ccc(C(C)(C)C)cc1. The van der Waals surface area contributed by atoms with E-state index in [1.54, 1.807) is 13.8 Å². The van der Waals surface area contributed by atoms with E-state index in [2.05, 4.69) is 31.4 Å². The van der Waals surface area contributed by atoms with Gasteiger partial charge in [-0.15, -0.1) is 0 Å². The van der Waals surface area contributed by atoms with Crippen molar-refractivity contribution in [1.29, 1.82) is 0 Å². The molecule has 2 aromatic carbocycles. The average Bonchev–Trinajstić information content (AvgIpc) is 2.56. The molecule has 2 rings (SSSR count). The summed E-state index contributed by atoms with van der Waals surface area (Å²) in [6.07, 6.45) is 0. The summed E-state index contributed by atoms with van der Waals surface area (Å²) < 4.78 is 13.0. The van der Waals surface area contributed by atoms with Gasteiger partial charge < -0.3 is 10.6 Å². The highest BCUT2D eigenvalue weighted by Crippen LogP contribution is 2.25. The molecule has 0 fully saturated rings. The van der Waals surface area contributed by atoms with Gasteiger partial charge in [-0.2, -0.15) is 0 Å². The van der Waals surface area contributed by atoms with E-state index < -0.39 is 23.0 Å². The van der Waals surface area contributed by atoms with Crippen LogP contribution in [0.3, 0.4) is 0 Å². The molecule has 0 saturated carbocycles. The number of nitrogens with one attached hydrogen (secondary N) is 2. The van der Waals surface area contributed by atoms with Crippen LogP contribution < -0.4 is 10.6 Å². The van der Waals surface area contributed by atoms with Gasteiger partial charge in [0, 0.05) is 11.4 Å². The molecule has 0 spiro atoms. The summed E-state index contributed by atoms with van der Waals surface area (Å²) in [6, 6.07) is 13.0. The molecule has 5 heteroatoms. The standard InChI is InChI=1S/C21H25FN2O2/c1-20(2,3)14-6-10-16(11-7-14)23-18(25)21(4,5)19(26)24-17-12-8-15(22)9-13-17/h6-13H,1-5H3,(H,23,25)(H,24,26). The number of amides is 2. The zero-order chi connectivity index (χ0) is 19.5. The fourth-order valence-electron chi connectivity index (χ4n) is 2.26. The molecule has 0 aliphatic carbocycles. The zero-order valence-corrected chi connectivity index (χ0v) is 15.8. The van der Waals surface area contributed by atoms with Gasteiger partial charge in [-0.25, -0.2) is 4.39 Å². The third-order valence-corrected chi connectivity index (χ3v) is 4.25. The molecule has 0 aliphatic rings. The monoisotopic (exact) mass is 356 g/mol. The predicted octanol–water partition coefficient (Wildman–Crippen LogP) is 4.73. The molecule has 2 N–H and O–H groups in total. The maximum Gasteiger partial charge on any atom is 0.239 e. The second-order valence-corrected chi connectivity index (χ2v) is 7.87. The lowest BCUT2D eigenvalue weighted by Gasteiger charge is -2.23. The lowest BCUT2D eigenvalue weighted by atomic mass is 9.87. The van der Waals surface area contributed by atoms with Crippen LogP contribution in [0.2, 0.25) is 0 Å². The van der Waals surface area contributed by atoms with Crippen molar-refractivity contribution in [2.75, 3.05) is 10.6 Å². The van der Waals surface area contributed by atoms with Crippen LogP contribution in [0.4, 0.5) is 15.8 Å². The summed E-state index contributed by atoms with van der Waals surface area (Å²) >= 11 is 0. The highest BCUT2D eigenvalue weighted by Gasteiger charge is 2.36. The summed E-state index contributed by atoms with van der Waals surface area (Å²) in [4.78, 5) is 25.0. The Labute approximate surface area is 153 Å². The number of hydrogen-bond acceptors (Lipinski definition) is 2. The summed E-state index contributed by atoms with van der Waals surface area (Å²) in [6.45, 7) is 9.44. The van der Waals surface area contributed by atoms with Gasteiger partial charge in [0.15, 0.2) is 0 Å². The molecule has 0 bridgehead atoms. The quantitative estimate of drug-likeness (QED) is 0.778. The molecule has 2 amide bonds. The van der Waals surface area contributed by atoms with Crippen molar-refractivity contribution in [3.05, 3.63) is 59.9 Å². The zero-order valence-electron chi connectivity index (χ0n) is 15.8. The van der Waals surface area contributed by atoms with Gasteiger partial charge in [0.25, 0.3) is 0 Å². The van der Waals surface area contributed by atoms with Gasteiger partial charge in [0.05, 0.1) is 0 Å². The number of carbonyl (C=O) groups excluding carboxylic acids is 2. The lowest BCUT2D eigenvalue weighted by molar-refractivity contribution is -0.135. The Morgan fingerprint density at radius 1 is 0.731 bits per heavy atom. The largest absolute Gasteiger partial charge is 0.325 e. The van der Waals surface area contributed by atoms with E-state index in [4.69, 9.17) is 0 Å². The second kappa shape index (κ2) is 7.28. The van der Waals surface area contributed by atoms with Gasteiger partial charge in [-0.3, -0.25) is 9.59 Å². The Morgan fingerprint density at radius 3 is 1.50 bits per heavy atom. The van der Waals surface area contributed by atoms with Gasteiger partial charge in [0.1, 0.15) is 11.2 Å². The Hall–Kier alpha value is -2.69. The molecule has 138 valence electrons. The van der Waals surface area contributed by atoms with Gasteiger partial charge in [-0.05, 0) is 61.2 Å². The van der Waals surface area contributed by atoms with Crippen molar-refractivity contribution < 1.29 is 14.0 Å². The first-order valence-electron chi connectivity index (χ1n) is 8.49. The first-order chi connectivity index (χ1) is 12.0. The Balaban J connectivity index is 2.06. The van der Waals surface area contributed by atoms with Crippen molar-refractivity contribution >= 4 is 23.2 Å². The van der Waals surface area contributed by atoms with Crippen molar-refractivity contribution in [3.63, 3.8) is 0 Å². The molecule has 0 aromatic heterocycles. The van der Waals surface area contributed by atoms with Crippen LogP contribution in [-0.2, 0) is 15.0 Å². The van der Waals surface area contributed by atoms with Crippen molar-refractivity contribution in [2.45, 2.75) is 40.0 Å². The summed E-state index contributed by atoms with van der Waals surface area (Å²) in [5.74, 6) is -1.27. The summed E-state index contributed by atoms with van der Waals surface area (Å²) in [7, 11) is 0. The average molecular weight is 356 g/mol. The van der Waals surface area contributed by atoms with Crippen LogP contribution in [0, 0.1) is 11.2 Å². The number of anilines is 2. The highest BCUT2D eigenvalue weighted by molar-refractivity contribution is 6.13. The maximum absolute atomic E-state index is 13.0. The first kappa shape index (κ1) is 19.6. The molecular weight excluding hydrogens is 331 g/mol. The van der Waals surface area contributed by atoms with Crippen molar-refractivity contribution in [1.82, 2.24) is 0 Å². The number of benzene rings is 2. The van der Waals surface area contributed by atoms with Gasteiger partial charge in [-0.1, -0.05) is 32.9 Å². The van der Waals surface area contributed by atoms with Crippen LogP contribution in [-0.4, -0.2) is 11.8 Å². The fraction of sp³-hybridized carbons (Fsp3) is 0.333. The maximum atomic E-state index is 13.0. The minimum absolute atomic E-state index is 0.0247. The summed E-state index contributed by atoms with van der Waals surface area (Å²) in [5.41, 5.74) is 0.953. The number of rotatable bonds is 4. The molecular formula is C21H25FN2O2. The highest BCUT2D eigenvalue weighted by atomic mass is 19.1. The molecule has 4 nitrogen and oxygen atoms in total.